The molecule has 164 valence electrons. The van der Waals surface area contributed by atoms with Crippen LogP contribution in [0.4, 0.5) is 11.5 Å². The van der Waals surface area contributed by atoms with Crippen molar-refractivity contribution in [3.05, 3.63) is 59.5 Å². The molecule has 10 heteroatoms. The first kappa shape index (κ1) is 22.3. The van der Waals surface area contributed by atoms with Crippen LogP contribution in [0.3, 0.4) is 0 Å². The summed E-state index contributed by atoms with van der Waals surface area (Å²) in [6.45, 7) is 1.68. The van der Waals surface area contributed by atoms with Crippen LogP contribution in [0.2, 0.25) is 0 Å². The van der Waals surface area contributed by atoms with Crippen molar-refractivity contribution in [1.82, 2.24) is 9.97 Å². The highest BCUT2D eigenvalue weighted by molar-refractivity contribution is 7.89. The number of primary sulfonamides is 1. The summed E-state index contributed by atoms with van der Waals surface area (Å²) in [5.74, 6) is 2.52. The number of nitrogens with zero attached hydrogens (tertiary/aromatic N) is 2. The molecule has 3 N–H and O–H groups in total. The van der Waals surface area contributed by atoms with Crippen LogP contribution in [0.25, 0.3) is 0 Å². The Bertz CT molecular complexity index is 1170. The van der Waals surface area contributed by atoms with Gasteiger partial charge in [-0.2, -0.15) is 0 Å². The second-order valence-electron chi connectivity index (χ2n) is 6.69. The number of sulfonamides is 1. The lowest BCUT2D eigenvalue weighted by Crippen LogP contribution is -2.16. The zero-order valence-electron chi connectivity index (χ0n) is 17.7. The van der Waals surface area contributed by atoms with E-state index in [0.29, 0.717) is 46.6 Å². The van der Waals surface area contributed by atoms with Crippen molar-refractivity contribution in [2.24, 2.45) is 5.14 Å². The van der Waals surface area contributed by atoms with E-state index in [9.17, 15) is 8.42 Å². The van der Waals surface area contributed by atoms with Crippen molar-refractivity contribution in [3.63, 3.8) is 0 Å². The Balaban J connectivity index is 1.92. The second-order valence-corrected chi connectivity index (χ2v) is 8.19. The van der Waals surface area contributed by atoms with Crippen molar-refractivity contribution in [3.8, 4) is 17.2 Å². The van der Waals surface area contributed by atoms with Crippen LogP contribution in [-0.4, -0.2) is 39.7 Å². The lowest BCUT2D eigenvalue weighted by atomic mass is 10.1. The Labute approximate surface area is 181 Å². The van der Waals surface area contributed by atoms with Gasteiger partial charge in [-0.3, -0.25) is 0 Å². The molecular weight excluding hydrogens is 420 g/mol. The van der Waals surface area contributed by atoms with Crippen molar-refractivity contribution in [1.29, 1.82) is 0 Å². The van der Waals surface area contributed by atoms with E-state index in [1.54, 1.807) is 58.7 Å². The van der Waals surface area contributed by atoms with E-state index in [1.165, 1.54) is 0 Å². The van der Waals surface area contributed by atoms with Crippen molar-refractivity contribution in [2.75, 3.05) is 26.6 Å². The van der Waals surface area contributed by atoms with Gasteiger partial charge in [0, 0.05) is 12.6 Å². The predicted molar refractivity (Wildman–Crippen MR) is 117 cm³/mol. The van der Waals surface area contributed by atoms with Gasteiger partial charge >= 0.3 is 0 Å². The number of ether oxygens (including phenoxy) is 3. The SMILES string of the molecule is COc1cc(Cc2nccc(Nc3cccc(C)c3S(N)(=O)=O)n2)cc(OC)c1OC. The average molecular weight is 445 g/mol. The summed E-state index contributed by atoms with van der Waals surface area (Å²) < 4.78 is 40.2. The van der Waals surface area contributed by atoms with Crippen LogP contribution >= 0.6 is 0 Å². The number of hydrogen-bond acceptors (Lipinski definition) is 8. The molecule has 0 aliphatic rings. The van der Waals surface area contributed by atoms with Crippen molar-refractivity contribution in [2.45, 2.75) is 18.2 Å². The molecule has 0 fully saturated rings. The third kappa shape index (κ3) is 5.04. The lowest BCUT2D eigenvalue weighted by molar-refractivity contribution is 0.324. The summed E-state index contributed by atoms with van der Waals surface area (Å²) in [6.07, 6.45) is 1.98. The Hall–Kier alpha value is -3.37. The van der Waals surface area contributed by atoms with E-state index >= 15 is 0 Å². The molecule has 2 aromatic carbocycles. The minimum Gasteiger partial charge on any atom is -0.493 e. The van der Waals surface area contributed by atoms with Crippen molar-refractivity contribution >= 4 is 21.5 Å². The van der Waals surface area contributed by atoms with Gasteiger partial charge in [0.05, 0.1) is 27.0 Å². The molecule has 31 heavy (non-hydrogen) atoms. The number of aromatic nitrogens is 2. The van der Waals surface area contributed by atoms with E-state index in [-0.39, 0.29) is 4.90 Å². The first-order valence-corrected chi connectivity index (χ1v) is 10.8. The van der Waals surface area contributed by atoms with Crippen molar-refractivity contribution < 1.29 is 22.6 Å². The molecule has 1 aromatic heterocycles. The van der Waals surface area contributed by atoms with E-state index in [4.69, 9.17) is 19.3 Å². The molecule has 0 saturated heterocycles. The van der Waals surface area contributed by atoms with Crippen LogP contribution in [0, 0.1) is 6.92 Å². The zero-order chi connectivity index (χ0) is 22.6. The summed E-state index contributed by atoms with van der Waals surface area (Å²) >= 11 is 0. The standard InChI is InChI=1S/C21H24N4O5S/c1-13-6-5-7-15(21(13)31(22,26)27)24-18-8-9-23-19(25-18)12-14-10-16(28-2)20(30-4)17(11-14)29-3/h5-11H,12H2,1-4H3,(H2,22,26,27)(H,23,24,25). The normalized spacial score (nSPS) is 11.1. The Morgan fingerprint density at radius 2 is 1.71 bits per heavy atom. The maximum absolute atomic E-state index is 12.0. The molecular formula is C21H24N4O5S. The van der Waals surface area contributed by atoms with Gasteiger partial charge in [-0.05, 0) is 42.3 Å². The van der Waals surface area contributed by atoms with Gasteiger partial charge in [0.1, 0.15) is 16.5 Å². The molecule has 0 amide bonds. The topological polar surface area (TPSA) is 126 Å². The Morgan fingerprint density at radius 1 is 1.03 bits per heavy atom. The molecule has 0 radical (unpaired) electrons. The Kier molecular flexibility index (Phi) is 6.62. The quantitative estimate of drug-likeness (QED) is 0.543. The molecule has 3 aromatic rings. The fraction of sp³-hybridized carbons (Fsp3) is 0.238. The highest BCUT2D eigenvalue weighted by atomic mass is 32.2. The largest absolute Gasteiger partial charge is 0.493 e. The first-order chi connectivity index (χ1) is 14.8. The average Bonchev–Trinajstić information content (AvgIpc) is 2.72. The van der Waals surface area contributed by atoms with Gasteiger partial charge in [-0.15, -0.1) is 0 Å². The Morgan fingerprint density at radius 3 is 2.29 bits per heavy atom. The predicted octanol–water partition coefficient (Wildman–Crippen LogP) is 2.79. The van der Waals surface area contributed by atoms with Crippen LogP contribution in [0.15, 0.2) is 47.5 Å². The molecule has 3 rings (SSSR count). The summed E-state index contributed by atoms with van der Waals surface area (Å²) in [5.41, 5.74) is 1.74. The van der Waals surface area contributed by atoms with E-state index in [0.717, 1.165) is 5.56 Å². The zero-order valence-corrected chi connectivity index (χ0v) is 18.5. The minimum atomic E-state index is -3.91. The number of methoxy groups -OCH3 is 3. The second kappa shape index (κ2) is 9.19. The summed E-state index contributed by atoms with van der Waals surface area (Å²) in [7, 11) is 0.728. The van der Waals surface area contributed by atoms with Gasteiger partial charge in [0.15, 0.2) is 11.5 Å². The lowest BCUT2D eigenvalue weighted by Gasteiger charge is -2.14. The van der Waals surface area contributed by atoms with Crippen LogP contribution in [0.1, 0.15) is 17.0 Å². The summed E-state index contributed by atoms with van der Waals surface area (Å²) in [5, 5.41) is 8.42. The number of aryl methyl sites for hydroxylation is 1. The van der Waals surface area contributed by atoms with Crippen LogP contribution < -0.4 is 24.7 Å². The molecule has 0 aliphatic carbocycles. The number of nitrogens with two attached hydrogens (primary N) is 1. The fourth-order valence-electron chi connectivity index (χ4n) is 3.24. The van der Waals surface area contributed by atoms with Gasteiger partial charge in [0.2, 0.25) is 15.8 Å². The summed E-state index contributed by atoms with van der Waals surface area (Å²) in [6, 6.07) is 10.3. The van der Waals surface area contributed by atoms with Crippen LogP contribution in [0.5, 0.6) is 17.2 Å². The smallest absolute Gasteiger partial charge is 0.240 e. The number of anilines is 2. The molecule has 0 unspecified atom stereocenters. The number of hydrogen-bond donors (Lipinski definition) is 2. The summed E-state index contributed by atoms with van der Waals surface area (Å²) in [4.78, 5) is 8.84. The minimum absolute atomic E-state index is 0.0276. The van der Waals surface area contributed by atoms with Gasteiger partial charge < -0.3 is 19.5 Å². The third-order valence-electron chi connectivity index (χ3n) is 4.55. The van der Waals surface area contributed by atoms with E-state index in [1.807, 2.05) is 12.1 Å². The van der Waals surface area contributed by atoms with E-state index in [2.05, 4.69) is 15.3 Å². The fourth-order valence-corrected chi connectivity index (χ4v) is 4.18. The van der Waals surface area contributed by atoms with E-state index < -0.39 is 10.0 Å². The molecule has 9 nitrogen and oxygen atoms in total. The van der Waals surface area contributed by atoms with Gasteiger partial charge in [-0.25, -0.2) is 23.5 Å². The third-order valence-corrected chi connectivity index (χ3v) is 5.66. The molecule has 0 spiro atoms. The maximum atomic E-state index is 12.0. The molecule has 0 bridgehead atoms. The molecule has 1 heterocycles. The van der Waals surface area contributed by atoms with Crippen LogP contribution in [-0.2, 0) is 16.4 Å². The number of nitrogens with one attached hydrogen (secondary N) is 1. The molecule has 0 saturated carbocycles. The highest BCUT2D eigenvalue weighted by Gasteiger charge is 2.18. The number of rotatable bonds is 8. The van der Waals surface area contributed by atoms with Gasteiger partial charge in [-0.1, -0.05) is 12.1 Å². The molecule has 0 aliphatic heterocycles. The van der Waals surface area contributed by atoms with Gasteiger partial charge in [0.25, 0.3) is 0 Å². The highest BCUT2D eigenvalue weighted by Crippen LogP contribution is 2.38. The first-order valence-electron chi connectivity index (χ1n) is 9.27. The maximum Gasteiger partial charge on any atom is 0.240 e. The monoisotopic (exact) mass is 444 g/mol. The molecule has 0 atom stereocenters. The number of benzene rings is 2.